The highest BCUT2D eigenvalue weighted by Crippen LogP contribution is 2.16. The number of halogens is 2. The summed E-state index contributed by atoms with van der Waals surface area (Å²) in [5.41, 5.74) is 1.01. The van der Waals surface area contributed by atoms with Gasteiger partial charge in [0.1, 0.15) is 5.82 Å². The molecule has 0 unspecified atom stereocenters. The molecule has 1 aliphatic heterocycles. The highest BCUT2D eigenvalue weighted by atomic mass is 127. The number of rotatable bonds is 5. The molecule has 0 radical (unpaired) electrons. The minimum absolute atomic E-state index is 0. The predicted molar refractivity (Wildman–Crippen MR) is 116 cm³/mol. The molecule has 1 aromatic heterocycles. The lowest BCUT2D eigenvalue weighted by Crippen LogP contribution is -2.37. The van der Waals surface area contributed by atoms with E-state index in [0.717, 1.165) is 47.7 Å². The Labute approximate surface area is 176 Å². The van der Waals surface area contributed by atoms with Gasteiger partial charge in [-0.25, -0.2) is 4.99 Å². The van der Waals surface area contributed by atoms with Gasteiger partial charge in [-0.05, 0) is 31.4 Å². The standard InChI is InChI=1S/C18H25ClN6.HI/c1-2-20-18(21-12-14-8-5-6-9-15(14)19)22-13-17-24-23-16-10-4-3-7-11-25(16)17;/h5-6,8-9H,2-4,7,10-13H2,1H3,(H2,20,21,22);1H. The average molecular weight is 489 g/mol. The van der Waals surface area contributed by atoms with Crippen molar-refractivity contribution < 1.29 is 0 Å². The molecule has 6 nitrogen and oxygen atoms in total. The lowest BCUT2D eigenvalue weighted by atomic mass is 10.2. The van der Waals surface area contributed by atoms with Gasteiger partial charge in [-0.1, -0.05) is 36.2 Å². The van der Waals surface area contributed by atoms with Crippen molar-refractivity contribution in [2.24, 2.45) is 4.99 Å². The van der Waals surface area contributed by atoms with E-state index >= 15 is 0 Å². The molecule has 0 bridgehead atoms. The van der Waals surface area contributed by atoms with Gasteiger partial charge in [-0.15, -0.1) is 34.2 Å². The number of nitrogens with one attached hydrogen (secondary N) is 2. The topological polar surface area (TPSA) is 67.1 Å². The Morgan fingerprint density at radius 3 is 2.85 bits per heavy atom. The van der Waals surface area contributed by atoms with E-state index in [2.05, 4.69) is 37.3 Å². The van der Waals surface area contributed by atoms with E-state index in [-0.39, 0.29) is 24.0 Å². The van der Waals surface area contributed by atoms with E-state index in [9.17, 15) is 0 Å². The van der Waals surface area contributed by atoms with Gasteiger partial charge in [-0.2, -0.15) is 0 Å². The maximum absolute atomic E-state index is 6.21. The Hall–Kier alpha value is -1.35. The molecule has 8 heteroatoms. The highest BCUT2D eigenvalue weighted by molar-refractivity contribution is 14.0. The van der Waals surface area contributed by atoms with Gasteiger partial charge in [0, 0.05) is 24.5 Å². The van der Waals surface area contributed by atoms with Crippen molar-refractivity contribution in [2.75, 3.05) is 6.54 Å². The van der Waals surface area contributed by atoms with Crippen molar-refractivity contribution in [1.29, 1.82) is 0 Å². The summed E-state index contributed by atoms with van der Waals surface area (Å²) in [5, 5.41) is 16.1. The lowest BCUT2D eigenvalue weighted by molar-refractivity contribution is 0.596. The summed E-state index contributed by atoms with van der Waals surface area (Å²) in [7, 11) is 0. The second-order valence-electron chi connectivity index (χ2n) is 6.13. The summed E-state index contributed by atoms with van der Waals surface area (Å²) < 4.78 is 2.25. The van der Waals surface area contributed by atoms with Crippen molar-refractivity contribution in [3.05, 3.63) is 46.5 Å². The predicted octanol–water partition coefficient (Wildman–Crippen LogP) is 3.53. The number of fused-ring (bicyclic) bond motifs is 1. The quantitative estimate of drug-likeness (QED) is 0.384. The van der Waals surface area contributed by atoms with Crippen LogP contribution in [0.3, 0.4) is 0 Å². The minimum atomic E-state index is 0. The molecule has 26 heavy (non-hydrogen) atoms. The van der Waals surface area contributed by atoms with E-state index in [4.69, 9.17) is 11.6 Å². The zero-order valence-electron chi connectivity index (χ0n) is 15.0. The summed E-state index contributed by atoms with van der Waals surface area (Å²) in [4.78, 5) is 4.63. The summed E-state index contributed by atoms with van der Waals surface area (Å²) in [6, 6.07) is 7.78. The largest absolute Gasteiger partial charge is 0.357 e. The smallest absolute Gasteiger partial charge is 0.191 e. The number of guanidine groups is 1. The van der Waals surface area contributed by atoms with Crippen LogP contribution in [0.4, 0.5) is 0 Å². The zero-order chi connectivity index (χ0) is 17.5. The molecule has 0 aliphatic carbocycles. The summed E-state index contributed by atoms with van der Waals surface area (Å²) in [6.07, 6.45) is 4.68. The lowest BCUT2D eigenvalue weighted by Gasteiger charge is -2.12. The molecule has 0 amide bonds. The molecule has 2 aromatic rings. The van der Waals surface area contributed by atoms with Crippen LogP contribution in [-0.2, 0) is 26.1 Å². The molecule has 1 aromatic carbocycles. The fourth-order valence-electron chi connectivity index (χ4n) is 2.97. The number of aryl methyl sites for hydroxylation is 1. The molecule has 142 valence electrons. The van der Waals surface area contributed by atoms with Gasteiger partial charge in [0.2, 0.25) is 0 Å². The highest BCUT2D eigenvalue weighted by Gasteiger charge is 2.14. The van der Waals surface area contributed by atoms with Crippen LogP contribution in [0.15, 0.2) is 29.3 Å². The maximum atomic E-state index is 6.21. The van der Waals surface area contributed by atoms with Gasteiger partial charge < -0.3 is 15.2 Å². The Morgan fingerprint density at radius 1 is 1.19 bits per heavy atom. The molecule has 2 heterocycles. The Balaban J connectivity index is 0.00000243. The first-order valence-corrected chi connectivity index (χ1v) is 9.32. The molecular formula is C18H26ClIN6. The van der Waals surface area contributed by atoms with Crippen LogP contribution in [0.2, 0.25) is 5.02 Å². The van der Waals surface area contributed by atoms with Crippen LogP contribution in [0.25, 0.3) is 0 Å². The monoisotopic (exact) mass is 488 g/mol. The molecule has 2 N–H and O–H groups in total. The SMILES string of the molecule is CCNC(=NCc1ccccc1Cl)NCc1nnc2n1CCCCC2.I. The molecule has 3 rings (SSSR count). The number of aliphatic imine (C=N–C) groups is 1. The first-order valence-electron chi connectivity index (χ1n) is 8.94. The fraction of sp³-hybridized carbons (Fsp3) is 0.500. The number of benzene rings is 1. The van der Waals surface area contributed by atoms with Gasteiger partial charge in [0.25, 0.3) is 0 Å². The number of aromatic nitrogens is 3. The van der Waals surface area contributed by atoms with E-state index in [0.29, 0.717) is 13.1 Å². The number of nitrogens with zero attached hydrogens (tertiary/aromatic N) is 4. The molecule has 0 saturated carbocycles. The molecule has 0 spiro atoms. The second kappa shape index (κ2) is 10.7. The van der Waals surface area contributed by atoms with Gasteiger partial charge >= 0.3 is 0 Å². The van der Waals surface area contributed by atoms with Crippen molar-refractivity contribution in [3.8, 4) is 0 Å². The van der Waals surface area contributed by atoms with Crippen LogP contribution in [-0.4, -0.2) is 27.3 Å². The number of hydrogen-bond acceptors (Lipinski definition) is 3. The third-order valence-electron chi connectivity index (χ3n) is 4.31. The molecule has 0 fully saturated rings. The number of hydrogen-bond donors (Lipinski definition) is 2. The van der Waals surface area contributed by atoms with E-state index < -0.39 is 0 Å². The van der Waals surface area contributed by atoms with Gasteiger partial charge in [0.15, 0.2) is 11.8 Å². The van der Waals surface area contributed by atoms with E-state index in [1.807, 2.05) is 24.3 Å². The maximum Gasteiger partial charge on any atom is 0.191 e. The molecule has 0 atom stereocenters. The van der Waals surface area contributed by atoms with Gasteiger partial charge in [0.05, 0.1) is 13.1 Å². The average Bonchev–Trinajstić information content (AvgIpc) is 2.85. The van der Waals surface area contributed by atoms with Crippen LogP contribution in [0.1, 0.15) is 43.4 Å². The van der Waals surface area contributed by atoms with Crippen LogP contribution < -0.4 is 10.6 Å². The molecular weight excluding hydrogens is 463 g/mol. The van der Waals surface area contributed by atoms with Crippen LogP contribution >= 0.6 is 35.6 Å². The Morgan fingerprint density at radius 2 is 2.04 bits per heavy atom. The van der Waals surface area contributed by atoms with E-state index in [1.54, 1.807) is 0 Å². The Kier molecular flexibility index (Phi) is 8.64. The molecule has 1 aliphatic rings. The van der Waals surface area contributed by atoms with Crippen molar-refractivity contribution in [2.45, 2.75) is 52.2 Å². The summed E-state index contributed by atoms with van der Waals surface area (Å²) in [6.45, 7) is 5.00. The first-order chi connectivity index (χ1) is 12.3. The summed E-state index contributed by atoms with van der Waals surface area (Å²) >= 11 is 6.21. The van der Waals surface area contributed by atoms with Crippen LogP contribution in [0.5, 0.6) is 0 Å². The summed E-state index contributed by atoms with van der Waals surface area (Å²) in [5.74, 6) is 2.83. The second-order valence-corrected chi connectivity index (χ2v) is 6.54. The fourth-order valence-corrected chi connectivity index (χ4v) is 3.17. The third-order valence-corrected chi connectivity index (χ3v) is 4.68. The first kappa shape index (κ1) is 21.0. The third kappa shape index (κ3) is 5.57. The van der Waals surface area contributed by atoms with Gasteiger partial charge in [-0.3, -0.25) is 0 Å². The Bertz CT molecular complexity index is 730. The van der Waals surface area contributed by atoms with Crippen molar-refractivity contribution in [1.82, 2.24) is 25.4 Å². The van der Waals surface area contributed by atoms with Crippen LogP contribution in [0, 0.1) is 0 Å². The normalized spacial score (nSPS) is 14.2. The van der Waals surface area contributed by atoms with E-state index in [1.165, 1.54) is 19.3 Å². The van der Waals surface area contributed by atoms with Crippen molar-refractivity contribution in [3.63, 3.8) is 0 Å². The molecule has 0 saturated heterocycles. The minimum Gasteiger partial charge on any atom is -0.357 e. The zero-order valence-corrected chi connectivity index (χ0v) is 18.1. The van der Waals surface area contributed by atoms with Crippen molar-refractivity contribution >= 4 is 41.5 Å².